The Labute approximate surface area is 122 Å². The number of aromatic nitrogens is 3. The second-order valence-electron chi connectivity index (χ2n) is 4.33. The van der Waals surface area contributed by atoms with Gasteiger partial charge in [0.15, 0.2) is 0 Å². The largest absolute Gasteiger partial charge is 0.384 e. The predicted molar refractivity (Wildman–Crippen MR) is 77.4 cm³/mol. The van der Waals surface area contributed by atoms with Crippen LogP contribution in [-0.4, -0.2) is 38.9 Å². The summed E-state index contributed by atoms with van der Waals surface area (Å²) < 4.78 is 1.77. The maximum Gasteiger partial charge on any atom is 0.252 e. The summed E-state index contributed by atoms with van der Waals surface area (Å²) in [6.07, 6.45) is 5.48. The van der Waals surface area contributed by atoms with Crippen molar-refractivity contribution in [3.8, 4) is 11.8 Å². The van der Waals surface area contributed by atoms with Crippen molar-refractivity contribution >= 4 is 5.91 Å². The monoisotopic (exact) mass is 284 g/mol. The van der Waals surface area contributed by atoms with E-state index in [1.165, 1.54) is 6.20 Å². The second kappa shape index (κ2) is 7.22. The molecule has 0 bridgehead atoms. The molecule has 0 aliphatic heterocycles. The number of hydrogen-bond acceptors (Lipinski definition) is 4. The number of carbonyl (C=O) groups excluding carboxylic acids is 1. The van der Waals surface area contributed by atoms with E-state index in [0.717, 1.165) is 5.69 Å². The molecule has 2 N–H and O–H groups in total. The molecular weight excluding hydrogens is 268 g/mol. The topological polar surface area (TPSA) is 80.0 Å². The van der Waals surface area contributed by atoms with E-state index in [0.29, 0.717) is 24.1 Å². The number of amides is 1. The fourth-order valence-electron chi connectivity index (χ4n) is 1.87. The summed E-state index contributed by atoms with van der Waals surface area (Å²) in [5.74, 6) is 5.03. The molecule has 2 aromatic rings. The van der Waals surface area contributed by atoms with Crippen LogP contribution in [0.15, 0.2) is 30.7 Å². The maximum absolute atomic E-state index is 12.2. The summed E-state index contributed by atoms with van der Waals surface area (Å²) in [6.45, 7) is 0.254. The van der Waals surface area contributed by atoms with Crippen molar-refractivity contribution in [1.82, 2.24) is 20.1 Å². The molecule has 6 nitrogen and oxygen atoms in total. The van der Waals surface area contributed by atoms with Crippen molar-refractivity contribution in [2.24, 2.45) is 7.05 Å². The highest BCUT2D eigenvalue weighted by atomic mass is 16.2. The fraction of sp³-hybridized carbons (Fsp3) is 0.267. The zero-order valence-corrected chi connectivity index (χ0v) is 11.7. The standard InChI is InChI=1S/C15H16N4O2/c1-19-13(5-9-18-19)4-8-17-15(21)14-6-7-16-11-12(14)3-2-10-20/h5-7,9,11,20H,4,8,10H2,1H3,(H,17,21). The molecule has 0 spiro atoms. The highest BCUT2D eigenvalue weighted by Gasteiger charge is 2.09. The van der Waals surface area contributed by atoms with E-state index in [9.17, 15) is 4.79 Å². The van der Waals surface area contributed by atoms with Crippen LogP contribution < -0.4 is 5.32 Å². The molecule has 6 heteroatoms. The summed E-state index contributed by atoms with van der Waals surface area (Å²) in [5, 5.41) is 15.6. The molecule has 0 unspecified atom stereocenters. The molecule has 2 aromatic heterocycles. The smallest absolute Gasteiger partial charge is 0.252 e. The number of aliphatic hydroxyl groups is 1. The number of nitrogens with one attached hydrogen (secondary N) is 1. The van der Waals surface area contributed by atoms with E-state index < -0.39 is 0 Å². The van der Waals surface area contributed by atoms with Gasteiger partial charge < -0.3 is 10.4 Å². The van der Waals surface area contributed by atoms with E-state index in [1.807, 2.05) is 13.1 Å². The zero-order chi connectivity index (χ0) is 15.1. The first-order chi connectivity index (χ1) is 10.2. The molecule has 0 aliphatic rings. The molecule has 2 heterocycles. The zero-order valence-electron chi connectivity index (χ0n) is 11.7. The molecule has 108 valence electrons. The van der Waals surface area contributed by atoms with Crippen molar-refractivity contribution in [3.05, 3.63) is 47.5 Å². The van der Waals surface area contributed by atoms with E-state index >= 15 is 0 Å². The highest BCUT2D eigenvalue weighted by molar-refractivity contribution is 5.96. The van der Waals surface area contributed by atoms with Crippen LogP contribution in [0.2, 0.25) is 0 Å². The lowest BCUT2D eigenvalue weighted by molar-refractivity contribution is 0.0953. The molecule has 0 saturated heterocycles. The third kappa shape index (κ3) is 3.91. The normalized spacial score (nSPS) is 9.81. The van der Waals surface area contributed by atoms with Crippen molar-refractivity contribution in [2.45, 2.75) is 6.42 Å². The summed E-state index contributed by atoms with van der Waals surface area (Å²) in [5.41, 5.74) is 2.01. The van der Waals surface area contributed by atoms with Gasteiger partial charge in [-0.3, -0.25) is 14.5 Å². The van der Waals surface area contributed by atoms with Crippen LogP contribution in [0.4, 0.5) is 0 Å². The minimum absolute atomic E-state index is 0.207. The van der Waals surface area contributed by atoms with Gasteiger partial charge in [0, 0.05) is 44.3 Å². The summed E-state index contributed by atoms with van der Waals surface area (Å²) >= 11 is 0. The maximum atomic E-state index is 12.2. The lowest BCUT2D eigenvalue weighted by Gasteiger charge is -2.07. The van der Waals surface area contributed by atoms with Gasteiger partial charge in [-0.15, -0.1) is 0 Å². The van der Waals surface area contributed by atoms with Gasteiger partial charge in [-0.05, 0) is 12.1 Å². The molecular formula is C15H16N4O2. The molecule has 0 aromatic carbocycles. The van der Waals surface area contributed by atoms with Crippen LogP contribution in [0, 0.1) is 11.8 Å². The molecule has 0 aliphatic carbocycles. The Kier molecular flexibility index (Phi) is 5.07. The van der Waals surface area contributed by atoms with Gasteiger partial charge in [-0.1, -0.05) is 11.8 Å². The van der Waals surface area contributed by atoms with Crippen LogP contribution in [0.25, 0.3) is 0 Å². The third-order valence-corrected chi connectivity index (χ3v) is 2.96. The van der Waals surface area contributed by atoms with Crippen LogP contribution in [0.1, 0.15) is 21.6 Å². The Hall–Kier alpha value is -2.65. The lowest BCUT2D eigenvalue weighted by atomic mass is 10.1. The molecule has 0 atom stereocenters. The fourth-order valence-corrected chi connectivity index (χ4v) is 1.87. The van der Waals surface area contributed by atoms with E-state index in [4.69, 9.17) is 5.11 Å². The number of aryl methyl sites for hydroxylation is 1. The van der Waals surface area contributed by atoms with Gasteiger partial charge in [0.25, 0.3) is 5.91 Å². The van der Waals surface area contributed by atoms with Gasteiger partial charge in [-0.2, -0.15) is 5.10 Å². The Morgan fingerprint density at radius 3 is 3.00 bits per heavy atom. The molecule has 2 rings (SSSR count). The van der Waals surface area contributed by atoms with E-state index in [1.54, 1.807) is 23.1 Å². The van der Waals surface area contributed by atoms with Gasteiger partial charge >= 0.3 is 0 Å². The van der Waals surface area contributed by atoms with Gasteiger partial charge in [0.1, 0.15) is 6.61 Å². The molecule has 0 saturated carbocycles. The minimum Gasteiger partial charge on any atom is -0.384 e. The number of aliphatic hydroxyl groups excluding tert-OH is 1. The molecule has 0 radical (unpaired) electrons. The summed E-state index contributed by atoms with van der Waals surface area (Å²) in [7, 11) is 1.86. The van der Waals surface area contributed by atoms with Crippen LogP contribution in [0.3, 0.4) is 0 Å². The summed E-state index contributed by atoms with van der Waals surface area (Å²) in [4.78, 5) is 16.1. The Morgan fingerprint density at radius 2 is 2.29 bits per heavy atom. The Morgan fingerprint density at radius 1 is 1.43 bits per heavy atom. The van der Waals surface area contributed by atoms with Crippen molar-refractivity contribution < 1.29 is 9.90 Å². The number of hydrogen-bond donors (Lipinski definition) is 2. The number of nitrogens with zero attached hydrogens (tertiary/aromatic N) is 3. The van der Waals surface area contributed by atoms with Gasteiger partial charge in [-0.25, -0.2) is 0 Å². The van der Waals surface area contributed by atoms with E-state index in [2.05, 4.69) is 27.2 Å². The van der Waals surface area contributed by atoms with Gasteiger partial charge in [0.05, 0.1) is 11.1 Å². The quantitative estimate of drug-likeness (QED) is 0.782. The van der Waals surface area contributed by atoms with Crippen LogP contribution >= 0.6 is 0 Å². The van der Waals surface area contributed by atoms with Crippen molar-refractivity contribution in [3.63, 3.8) is 0 Å². The average molecular weight is 284 g/mol. The molecule has 0 fully saturated rings. The first kappa shape index (κ1) is 14.8. The minimum atomic E-state index is -0.254. The Balaban J connectivity index is 1.99. The summed E-state index contributed by atoms with van der Waals surface area (Å²) in [6, 6.07) is 3.53. The molecule has 21 heavy (non-hydrogen) atoms. The average Bonchev–Trinajstić information content (AvgIpc) is 2.91. The van der Waals surface area contributed by atoms with E-state index in [-0.39, 0.29) is 12.5 Å². The Bertz CT molecular complexity index is 682. The lowest BCUT2D eigenvalue weighted by Crippen LogP contribution is -2.27. The highest BCUT2D eigenvalue weighted by Crippen LogP contribution is 2.05. The second-order valence-corrected chi connectivity index (χ2v) is 4.33. The number of carbonyl (C=O) groups is 1. The first-order valence-electron chi connectivity index (χ1n) is 6.51. The first-order valence-corrected chi connectivity index (χ1v) is 6.51. The molecule has 1 amide bonds. The third-order valence-electron chi connectivity index (χ3n) is 2.96. The van der Waals surface area contributed by atoms with Gasteiger partial charge in [0.2, 0.25) is 0 Å². The van der Waals surface area contributed by atoms with Crippen LogP contribution in [0.5, 0.6) is 0 Å². The number of pyridine rings is 1. The van der Waals surface area contributed by atoms with Crippen molar-refractivity contribution in [1.29, 1.82) is 0 Å². The van der Waals surface area contributed by atoms with Crippen molar-refractivity contribution in [2.75, 3.05) is 13.2 Å². The van der Waals surface area contributed by atoms with Crippen LogP contribution in [-0.2, 0) is 13.5 Å². The number of rotatable bonds is 4. The SMILES string of the molecule is Cn1nccc1CCNC(=O)c1ccncc1C#CCO. The predicted octanol–water partition coefficient (Wildman–Crippen LogP) is 0.131.